The highest BCUT2D eigenvalue weighted by Gasteiger charge is 2.34. The average molecular weight is 304 g/mol. The van der Waals surface area contributed by atoms with Gasteiger partial charge in [0.25, 0.3) is 0 Å². The van der Waals surface area contributed by atoms with Crippen molar-refractivity contribution in [3.8, 4) is 0 Å². The molecule has 0 spiro atoms. The maximum Gasteiger partial charge on any atom is 0.305 e. The van der Waals surface area contributed by atoms with Gasteiger partial charge in [-0.2, -0.15) is 0 Å². The number of carboxylic acids is 1. The number of nitrogens with zero attached hydrogens (tertiary/aromatic N) is 4. The molecule has 8 nitrogen and oxygen atoms in total. The second-order valence-electron chi connectivity index (χ2n) is 5.93. The number of rotatable bonds is 5. The summed E-state index contributed by atoms with van der Waals surface area (Å²) in [5, 5.41) is 19.2. The van der Waals surface area contributed by atoms with Crippen LogP contribution in [-0.2, 0) is 14.6 Å². The molecule has 1 N–H and O–H groups in total. The van der Waals surface area contributed by atoms with Crippen LogP contribution in [0.25, 0.3) is 0 Å². The van der Waals surface area contributed by atoms with Gasteiger partial charge in [0, 0.05) is 6.26 Å². The van der Waals surface area contributed by atoms with E-state index in [1.54, 1.807) is 0 Å². The fourth-order valence-corrected chi connectivity index (χ4v) is 2.34. The van der Waals surface area contributed by atoms with E-state index in [1.165, 1.54) is 11.6 Å². The number of sulfone groups is 1. The van der Waals surface area contributed by atoms with Gasteiger partial charge in [-0.1, -0.05) is 20.8 Å². The van der Waals surface area contributed by atoms with E-state index >= 15 is 0 Å². The molecule has 20 heavy (non-hydrogen) atoms. The number of carbonyl (C=O) groups is 1. The van der Waals surface area contributed by atoms with Gasteiger partial charge in [0.1, 0.15) is 5.25 Å². The quantitative estimate of drug-likeness (QED) is 0.857. The Morgan fingerprint density at radius 3 is 2.35 bits per heavy atom. The number of aromatic nitrogens is 4. The zero-order valence-corrected chi connectivity index (χ0v) is 13.0. The molecule has 0 saturated heterocycles. The number of hydrogen-bond acceptors (Lipinski definition) is 6. The van der Waals surface area contributed by atoms with Gasteiger partial charge in [-0.15, -0.1) is 5.10 Å². The summed E-state index contributed by atoms with van der Waals surface area (Å²) in [6.07, 6.45) is 0.915. The largest absolute Gasteiger partial charge is 0.481 e. The summed E-state index contributed by atoms with van der Waals surface area (Å²) in [5.74, 6) is -0.827. The van der Waals surface area contributed by atoms with E-state index < -0.39 is 32.5 Å². The Morgan fingerprint density at radius 1 is 1.40 bits per heavy atom. The average Bonchev–Trinajstić information content (AvgIpc) is 2.69. The molecule has 0 radical (unpaired) electrons. The highest BCUT2D eigenvalue weighted by atomic mass is 32.2. The summed E-state index contributed by atoms with van der Waals surface area (Å²) < 4.78 is 24.6. The van der Waals surface area contributed by atoms with Crippen LogP contribution in [0.1, 0.15) is 51.2 Å². The number of tetrazole rings is 1. The van der Waals surface area contributed by atoms with Gasteiger partial charge in [0.2, 0.25) is 0 Å². The molecule has 0 aliphatic carbocycles. The van der Waals surface area contributed by atoms with Crippen LogP contribution in [0, 0.1) is 5.41 Å². The zero-order chi connectivity index (χ0) is 15.7. The van der Waals surface area contributed by atoms with Crippen molar-refractivity contribution in [1.82, 2.24) is 20.2 Å². The van der Waals surface area contributed by atoms with Crippen LogP contribution in [0.4, 0.5) is 0 Å². The fraction of sp³-hybridized carbons (Fsp3) is 0.818. The molecule has 0 fully saturated rings. The summed E-state index contributed by atoms with van der Waals surface area (Å²) in [5.41, 5.74) is -0.431. The molecule has 0 aliphatic rings. The lowest BCUT2D eigenvalue weighted by molar-refractivity contribution is -0.138. The molecule has 0 aliphatic heterocycles. The molecule has 0 amide bonds. The maximum atomic E-state index is 11.7. The molecule has 114 valence electrons. The first-order chi connectivity index (χ1) is 8.94. The van der Waals surface area contributed by atoms with Crippen LogP contribution >= 0.6 is 0 Å². The summed E-state index contributed by atoms with van der Waals surface area (Å²) in [4.78, 5) is 11.0. The van der Waals surface area contributed by atoms with Crippen molar-refractivity contribution in [2.45, 2.75) is 45.4 Å². The van der Waals surface area contributed by atoms with E-state index in [1.807, 2.05) is 20.8 Å². The summed E-state index contributed by atoms with van der Waals surface area (Å²) in [7, 11) is -3.37. The minimum absolute atomic E-state index is 0.161. The smallest absolute Gasteiger partial charge is 0.305 e. The van der Waals surface area contributed by atoms with E-state index in [0.29, 0.717) is 0 Å². The molecule has 1 aromatic rings. The molecular weight excluding hydrogens is 284 g/mol. The molecule has 0 bridgehead atoms. The maximum absolute atomic E-state index is 11.7. The Hall–Kier alpha value is -1.51. The molecular formula is C11H20N4O4S. The first kappa shape index (κ1) is 16.5. The van der Waals surface area contributed by atoms with Gasteiger partial charge in [-0.25, -0.2) is 13.1 Å². The van der Waals surface area contributed by atoms with Crippen LogP contribution in [0.15, 0.2) is 0 Å². The van der Waals surface area contributed by atoms with E-state index in [-0.39, 0.29) is 12.2 Å². The molecule has 2 atom stereocenters. The highest BCUT2D eigenvalue weighted by molar-refractivity contribution is 7.90. The molecule has 1 heterocycles. The van der Waals surface area contributed by atoms with E-state index in [2.05, 4.69) is 15.5 Å². The lowest BCUT2D eigenvalue weighted by atomic mass is 9.85. The standard InChI is InChI=1S/C11H20N4O4S/c1-7(20(5,18)19)10-12-13-14-15(10)8(6-9(16)17)11(2,3)4/h7-8H,6H2,1-5H3,(H,16,17). The number of hydrogen-bond donors (Lipinski definition) is 1. The predicted molar refractivity (Wildman–Crippen MR) is 71.8 cm³/mol. The van der Waals surface area contributed by atoms with Crippen molar-refractivity contribution in [1.29, 1.82) is 0 Å². The molecule has 1 rings (SSSR count). The zero-order valence-electron chi connectivity index (χ0n) is 12.2. The Balaban J connectivity index is 3.30. The topological polar surface area (TPSA) is 115 Å². The van der Waals surface area contributed by atoms with Crippen LogP contribution in [-0.4, -0.2) is 46.0 Å². The second-order valence-corrected chi connectivity index (χ2v) is 8.30. The van der Waals surface area contributed by atoms with Gasteiger partial charge in [0.15, 0.2) is 15.7 Å². The van der Waals surface area contributed by atoms with Crippen LogP contribution in [0.5, 0.6) is 0 Å². The normalized spacial score (nSPS) is 15.8. The Morgan fingerprint density at radius 2 is 1.95 bits per heavy atom. The SMILES string of the molecule is CC(c1nnnn1C(CC(=O)O)C(C)(C)C)S(C)(=O)=O. The van der Waals surface area contributed by atoms with Crippen molar-refractivity contribution < 1.29 is 18.3 Å². The van der Waals surface area contributed by atoms with Crippen molar-refractivity contribution in [3.05, 3.63) is 5.82 Å². The Labute approximate surface area is 118 Å². The molecule has 0 aromatic carbocycles. The van der Waals surface area contributed by atoms with E-state index in [0.717, 1.165) is 6.26 Å². The van der Waals surface area contributed by atoms with Gasteiger partial charge in [-0.3, -0.25) is 4.79 Å². The third-order valence-electron chi connectivity index (χ3n) is 3.19. The number of aliphatic carboxylic acids is 1. The van der Waals surface area contributed by atoms with E-state index in [9.17, 15) is 13.2 Å². The van der Waals surface area contributed by atoms with Crippen LogP contribution < -0.4 is 0 Å². The Bertz CT molecular complexity index is 588. The Kier molecular flexibility index (Phi) is 4.52. The first-order valence-electron chi connectivity index (χ1n) is 6.13. The summed E-state index contributed by atoms with van der Waals surface area (Å²) >= 11 is 0. The predicted octanol–water partition coefficient (Wildman–Crippen LogP) is 0.841. The lowest BCUT2D eigenvalue weighted by Crippen LogP contribution is -2.30. The number of carboxylic acid groups (broad SMARTS) is 1. The van der Waals surface area contributed by atoms with Gasteiger partial charge in [0.05, 0.1) is 12.5 Å². The third kappa shape index (κ3) is 3.75. The highest BCUT2D eigenvalue weighted by Crippen LogP contribution is 2.35. The summed E-state index contributed by atoms with van der Waals surface area (Å²) in [6, 6.07) is -0.533. The van der Waals surface area contributed by atoms with Crippen molar-refractivity contribution in [2.24, 2.45) is 5.41 Å². The van der Waals surface area contributed by atoms with E-state index in [4.69, 9.17) is 5.11 Å². The molecule has 0 saturated carbocycles. The molecule has 2 unspecified atom stereocenters. The second kappa shape index (κ2) is 5.47. The van der Waals surface area contributed by atoms with Crippen molar-refractivity contribution >= 4 is 15.8 Å². The van der Waals surface area contributed by atoms with Gasteiger partial charge in [-0.05, 0) is 22.8 Å². The van der Waals surface area contributed by atoms with Crippen LogP contribution in [0.2, 0.25) is 0 Å². The lowest BCUT2D eigenvalue weighted by Gasteiger charge is -2.30. The molecule has 9 heteroatoms. The summed E-state index contributed by atoms with van der Waals surface area (Å²) in [6.45, 7) is 7.06. The van der Waals surface area contributed by atoms with Crippen molar-refractivity contribution in [2.75, 3.05) is 6.26 Å². The first-order valence-corrected chi connectivity index (χ1v) is 8.08. The minimum atomic E-state index is -3.37. The van der Waals surface area contributed by atoms with Crippen LogP contribution in [0.3, 0.4) is 0 Å². The fourth-order valence-electron chi connectivity index (χ4n) is 1.81. The molecule has 1 aromatic heterocycles. The third-order valence-corrected chi connectivity index (χ3v) is 4.68. The van der Waals surface area contributed by atoms with Gasteiger partial charge < -0.3 is 5.11 Å². The van der Waals surface area contributed by atoms with Gasteiger partial charge >= 0.3 is 5.97 Å². The monoisotopic (exact) mass is 304 g/mol. The van der Waals surface area contributed by atoms with Crippen molar-refractivity contribution in [3.63, 3.8) is 0 Å². The minimum Gasteiger partial charge on any atom is -0.481 e.